The zero-order chi connectivity index (χ0) is 28.6. The fraction of sp³-hybridized carbons (Fsp3) is 0.333. The molecule has 1 fully saturated rings. The molecule has 0 aliphatic carbocycles. The van der Waals surface area contributed by atoms with Gasteiger partial charge in [-0.3, -0.25) is 14.7 Å². The van der Waals surface area contributed by atoms with Crippen LogP contribution >= 0.6 is 0 Å². The summed E-state index contributed by atoms with van der Waals surface area (Å²) in [6.07, 6.45) is 5.84. The van der Waals surface area contributed by atoms with Gasteiger partial charge in [-0.2, -0.15) is 4.31 Å². The van der Waals surface area contributed by atoms with E-state index in [2.05, 4.69) is 32.1 Å². The highest BCUT2D eigenvalue weighted by molar-refractivity contribution is 7.89. The van der Waals surface area contributed by atoms with Crippen LogP contribution < -0.4 is 10.2 Å². The number of nitrogens with one attached hydrogen (secondary N) is 1. The van der Waals surface area contributed by atoms with Gasteiger partial charge in [0.25, 0.3) is 0 Å². The zero-order valence-electron chi connectivity index (χ0n) is 23.2. The number of fused-ring (bicyclic) bond motifs is 2. The van der Waals surface area contributed by atoms with Gasteiger partial charge in [0.05, 0.1) is 10.4 Å². The molecule has 0 spiro atoms. The summed E-state index contributed by atoms with van der Waals surface area (Å²) in [5.74, 6) is 0.746. The second kappa shape index (κ2) is 11.2. The predicted octanol–water partition coefficient (Wildman–Crippen LogP) is 3.41. The van der Waals surface area contributed by atoms with E-state index >= 15 is 0 Å². The lowest BCUT2D eigenvalue weighted by Crippen LogP contribution is -2.50. The van der Waals surface area contributed by atoms with Crippen molar-refractivity contribution in [2.24, 2.45) is 0 Å². The van der Waals surface area contributed by atoms with E-state index in [1.165, 1.54) is 6.92 Å². The van der Waals surface area contributed by atoms with Crippen molar-refractivity contribution in [2.45, 2.75) is 31.2 Å². The second-order valence-corrected chi connectivity index (χ2v) is 12.6. The van der Waals surface area contributed by atoms with Crippen molar-refractivity contribution in [2.75, 3.05) is 49.5 Å². The number of hydrogen-bond donors (Lipinski definition) is 1. The lowest BCUT2D eigenvalue weighted by Gasteiger charge is -2.35. The van der Waals surface area contributed by atoms with Gasteiger partial charge >= 0.3 is 0 Å². The average molecular weight is 572 g/mol. The van der Waals surface area contributed by atoms with Crippen molar-refractivity contribution in [1.82, 2.24) is 24.2 Å². The number of aromatic nitrogens is 3. The third-order valence-corrected chi connectivity index (χ3v) is 9.74. The SMILES string of the molecule is CC(=O)N1CCc2cc(S(=O)(=O)N3CCN(C[C@H](C)Nc4ncnc5c(-c6cccnc6)cccc45)CC3)ccc21. The fourth-order valence-electron chi connectivity index (χ4n) is 5.79. The molecule has 1 N–H and O–H groups in total. The van der Waals surface area contributed by atoms with Gasteiger partial charge in [0.2, 0.25) is 15.9 Å². The van der Waals surface area contributed by atoms with Gasteiger partial charge in [-0.15, -0.1) is 0 Å². The quantitative estimate of drug-likeness (QED) is 0.359. The molecule has 1 saturated heterocycles. The minimum Gasteiger partial charge on any atom is -0.366 e. The first-order valence-electron chi connectivity index (χ1n) is 13.9. The second-order valence-electron chi connectivity index (χ2n) is 10.6. The highest BCUT2D eigenvalue weighted by Crippen LogP contribution is 2.32. The Balaban J connectivity index is 1.09. The molecular formula is C30H33N7O3S. The van der Waals surface area contributed by atoms with Crippen LogP contribution in [0, 0.1) is 0 Å². The molecule has 1 atom stereocenters. The van der Waals surface area contributed by atoms with E-state index in [9.17, 15) is 13.2 Å². The minimum absolute atomic E-state index is 0.0263. The van der Waals surface area contributed by atoms with Gasteiger partial charge in [-0.05, 0) is 49.2 Å². The van der Waals surface area contributed by atoms with Crippen LogP contribution in [0.15, 0.2) is 72.1 Å². The van der Waals surface area contributed by atoms with Gasteiger partial charge in [-0.25, -0.2) is 18.4 Å². The monoisotopic (exact) mass is 571 g/mol. The van der Waals surface area contributed by atoms with Gasteiger partial charge in [0, 0.05) is 86.8 Å². The third kappa shape index (κ3) is 5.40. The van der Waals surface area contributed by atoms with E-state index in [0.717, 1.165) is 45.6 Å². The van der Waals surface area contributed by atoms with Crippen LogP contribution in [0.2, 0.25) is 0 Å². The number of carbonyl (C=O) groups is 1. The van der Waals surface area contributed by atoms with Crippen LogP contribution in [-0.2, 0) is 21.2 Å². The molecule has 10 nitrogen and oxygen atoms in total. The van der Waals surface area contributed by atoms with Crippen LogP contribution in [0.5, 0.6) is 0 Å². The van der Waals surface area contributed by atoms with E-state index in [4.69, 9.17) is 0 Å². The van der Waals surface area contributed by atoms with E-state index in [-0.39, 0.29) is 11.9 Å². The summed E-state index contributed by atoms with van der Waals surface area (Å²) in [6.45, 7) is 7.13. The molecular weight excluding hydrogens is 538 g/mol. The number of hydrogen-bond acceptors (Lipinski definition) is 8. The van der Waals surface area contributed by atoms with E-state index in [0.29, 0.717) is 44.0 Å². The van der Waals surface area contributed by atoms with Crippen molar-refractivity contribution < 1.29 is 13.2 Å². The zero-order valence-corrected chi connectivity index (χ0v) is 24.0. The lowest BCUT2D eigenvalue weighted by atomic mass is 10.0. The lowest BCUT2D eigenvalue weighted by molar-refractivity contribution is -0.116. The summed E-state index contributed by atoms with van der Waals surface area (Å²) < 4.78 is 28.4. The summed E-state index contributed by atoms with van der Waals surface area (Å²) >= 11 is 0. The van der Waals surface area contributed by atoms with Crippen LogP contribution in [-0.4, -0.2) is 83.8 Å². The summed E-state index contributed by atoms with van der Waals surface area (Å²) in [5.41, 5.74) is 4.59. The Hall–Kier alpha value is -3.93. The molecule has 212 valence electrons. The molecule has 0 unspecified atom stereocenters. The Morgan fingerprint density at radius 1 is 1.02 bits per heavy atom. The van der Waals surface area contributed by atoms with Crippen molar-refractivity contribution >= 4 is 38.3 Å². The number of sulfonamides is 1. The first-order chi connectivity index (χ1) is 19.8. The largest absolute Gasteiger partial charge is 0.366 e. The molecule has 4 aromatic rings. The molecule has 4 heterocycles. The Kier molecular flexibility index (Phi) is 7.41. The number of piperazine rings is 1. The molecule has 6 rings (SSSR count). The minimum atomic E-state index is -3.61. The maximum Gasteiger partial charge on any atom is 0.243 e. The summed E-state index contributed by atoms with van der Waals surface area (Å²) in [6, 6.07) is 15.2. The summed E-state index contributed by atoms with van der Waals surface area (Å²) in [7, 11) is -3.61. The molecule has 0 saturated carbocycles. The highest BCUT2D eigenvalue weighted by Gasteiger charge is 2.31. The van der Waals surface area contributed by atoms with Gasteiger partial charge in [0.15, 0.2) is 0 Å². The first-order valence-corrected chi connectivity index (χ1v) is 15.3. The molecule has 2 aliphatic rings. The van der Waals surface area contributed by atoms with E-state index in [1.807, 2.05) is 36.5 Å². The van der Waals surface area contributed by atoms with Gasteiger partial charge in [-0.1, -0.05) is 18.2 Å². The molecule has 41 heavy (non-hydrogen) atoms. The molecule has 0 radical (unpaired) electrons. The van der Waals surface area contributed by atoms with Gasteiger partial charge < -0.3 is 10.2 Å². The molecule has 2 aliphatic heterocycles. The van der Waals surface area contributed by atoms with Crippen LogP contribution in [0.25, 0.3) is 22.0 Å². The number of nitrogens with zero attached hydrogens (tertiary/aromatic N) is 6. The topological polar surface area (TPSA) is 112 Å². The van der Waals surface area contributed by atoms with E-state index < -0.39 is 10.0 Å². The van der Waals surface area contributed by atoms with Crippen molar-refractivity contribution in [3.05, 3.63) is 72.8 Å². The number of pyridine rings is 1. The Morgan fingerprint density at radius 3 is 2.61 bits per heavy atom. The molecule has 1 amide bonds. The molecule has 2 aromatic carbocycles. The smallest absolute Gasteiger partial charge is 0.243 e. The number of anilines is 2. The van der Waals surface area contributed by atoms with Crippen LogP contribution in [0.3, 0.4) is 0 Å². The maximum atomic E-state index is 13.4. The number of amides is 1. The van der Waals surface area contributed by atoms with Gasteiger partial charge in [0.1, 0.15) is 12.1 Å². The fourth-order valence-corrected chi connectivity index (χ4v) is 7.26. The number of carbonyl (C=O) groups excluding carboxylic acids is 1. The van der Waals surface area contributed by atoms with Crippen LogP contribution in [0.4, 0.5) is 11.5 Å². The highest BCUT2D eigenvalue weighted by atomic mass is 32.2. The van der Waals surface area contributed by atoms with Crippen molar-refractivity contribution in [3.8, 4) is 11.1 Å². The maximum absolute atomic E-state index is 13.4. The molecule has 11 heteroatoms. The standard InChI is InChI=1S/C30H33N7O3S/c1-21(34-30-27-7-3-6-26(29(27)32-20-33-30)24-5-4-11-31-18-24)19-35-13-15-36(16-14-35)41(39,40)25-8-9-28-23(17-25)10-12-37(28)22(2)38/h3-9,11,17-18,20-21H,10,12-16,19H2,1-2H3,(H,32,33,34)/t21-/m0/s1. The summed E-state index contributed by atoms with van der Waals surface area (Å²) in [5, 5.41) is 4.49. The molecule has 2 aromatic heterocycles. The number of rotatable bonds is 7. The third-order valence-electron chi connectivity index (χ3n) is 7.85. The normalized spacial score (nSPS) is 17.0. The van der Waals surface area contributed by atoms with Crippen molar-refractivity contribution in [1.29, 1.82) is 0 Å². The average Bonchev–Trinajstić information content (AvgIpc) is 3.42. The molecule has 0 bridgehead atoms. The first kappa shape index (κ1) is 27.3. The van der Waals surface area contributed by atoms with Crippen molar-refractivity contribution in [3.63, 3.8) is 0 Å². The number of para-hydroxylation sites is 1. The predicted molar refractivity (Wildman–Crippen MR) is 159 cm³/mol. The Morgan fingerprint density at radius 2 is 1.85 bits per heavy atom. The van der Waals surface area contributed by atoms with E-state index in [1.54, 1.807) is 39.9 Å². The number of benzene rings is 2. The Labute approximate surface area is 240 Å². The Bertz CT molecular complexity index is 1690. The van der Waals surface area contributed by atoms with Crippen LogP contribution in [0.1, 0.15) is 19.4 Å². The summed E-state index contributed by atoms with van der Waals surface area (Å²) in [4.78, 5) is 29.5.